The van der Waals surface area contributed by atoms with E-state index in [1.807, 2.05) is 44.2 Å². The summed E-state index contributed by atoms with van der Waals surface area (Å²) in [4.78, 5) is 28.6. The van der Waals surface area contributed by atoms with Crippen molar-refractivity contribution in [1.82, 2.24) is 24.8 Å². The summed E-state index contributed by atoms with van der Waals surface area (Å²) in [5.41, 5.74) is 6.63. The van der Waals surface area contributed by atoms with E-state index in [1.54, 1.807) is 4.90 Å². The molecule has 2 aromatic heterocycles. The van der Waals surface area contributed by atoms with Gasteiger partial charge in [0.15, 0.2) is 5.69 Å². The molecule has 3 heterocycles. The number of hydrogen-bond donors (Lipinski definition) is 2. The molecule has 1 aromatic carbocycles. The van der Waals surface area contributed by atoms with Crippen LogP contribution in [-0.4, -0.2) is 60.4 Å². The van der Waals surface area contributed by atoms with Gasteiger partial charge in [-0.05, 0) is 20.3 Å². The monoisotopic (exact) mass is 426 g/mol. The van der Waals surface area contributed by atoms with Crippen molar-refractivity contribution in [3.63, 3.8) is 0 Å². The van der Waals surface area contributed by atoms with Crippen molar-refractivity contribution in [3.8, 4) is 11.4 Å². The fourth-order valence-electron chi connectivity index (χ4n) is 2.96. The van der Waals surface area contributed by atoms with Gasteiger partial charge in [0.05, 0.1) is 11.8 Å². The summed E-state index contributed by atoms with van der Waals surface area (Å²) in [5.74, 6) is -0.183. The Morgan fingerprint density at radius 3 is 2.45 bits per heavy atom. The number of hydrogen-bond acceptors (Lipinski definition) is 7. The van der Waals surface area contributed by atoms with Crippen LogP contribution in [0, 0.1) is 0 Å². The Kier molecular flexibility index (Phi) is 6.50. The summed E-state index contributed by atoms with van der Waals surface area (Å²) >= 11 is 0. The lowest BCUT2D eigenvalue weighted by atomic mass is 10.0. The molecule has 4 rings (SSSR count). The molecule has 1 saturated heterocycles. The van der Waals surface area contributed by atoms with Crippen LogP contribution in [0.4, 0.5) is 0 Å². The van der Waals surface area contributed by atoms with E-state index in [0.29, 0.717) is 31.2 Å². The summed E-state index contributed by atoms with van der Waals surface area (Å²) < 4.78 is 6.36. The Bertz CT molecular complexity index is 1050. The van der Waals surface area contributed by atoms with E-state index in [9.17, 15) is 9.59 Å². The summed E-state index contributed by atoms with van der Waals surface area (Å²) in [6.07, 6.45) is 2.87. The normalized spacial score (nSPS) is 13.2. The molecular formula is C21H26N6O4. The van der Waals surface area contributed by atoms with E-state index >= 15 is 0 Å². The van der Waals surface area contributed by atoms with E-state index in [0.717, 1.165) is 12.0 Å². The minimum Gasteiger partial charge on any atom is -0.477 e. The van der Waals surface area contributed by atoms with Crippen molar-refractivity contribution >= 4 is 11.9 Å². The van der Waals surface area contributed by atoms with Crippen LogP contribution in [0.5, 0.6) is 0 Å². The number of aryl methyl sites for hydroxylation is 1. The first-order valence-corrected chi connectivity index (χ1v) is 9.87. The predicted octanol–water partition coefficient (Wildman–Crippen LogP) is 1.98. The number of nitrogens with two attached hydrogens (primary N) is 1. The first kappa shape index (κ1) is 22.2. The molecule has 0 saturated carbocycles. The van der Waals surface area contributed by atoms with E-state index in [4.69, 9.17) is 15.4 Å². The predicted molar refractivity (Wildman–Crippen MR) is 112 cm³/mol. The molecule has 164 valence electrons. The van der Waals surface area contributed by atoms with Gasteiger partial charge in [-0.25, -0.2) is 4.79 Å². The number of rotatable bonds is 5. The summed E-state index contributed by atoms with van der Waals surface area (Å²) in [6.45, 7) is 5.26. The molecule has 0 radical (unpaired) electrons. The van der Waals surface area contributed by atoms with Gasteiger partial charge in [-0.15, -0.1) is 0 Å². The van der Waals surface area contributed by atoms with E-state index in [-0.39, 0.29) is 22.7 Å². The number of likely N-dealkylation sites (tertiary alicyclic amines) is 1. The molecule has 3 N–H and O–H groups in total. The Labute approximate surface area is 179 Å². The van der Waals surface area contributed by atoms with Gasteiger partial charge < -0.3 is 20.3 Å². The highest BCUT2D eigenvalue weighted by Gasteiger charge is 2.28. The zero-order chi connectivity index (χ0) is 22.6. The van der Waals surface area contributed by atoms with E-state index < -0.39 is 5.97 Å². The maximum atomic E-state index is 11.8. The number of aromatic nitrogens is 4. The highest BCUT2D eigenvalue weighted by Crippen LogP contribution is 2.17. The molecule has 1 amide bonds. The van der Waals surface area contributed by atoms with Crippen LogP contribution in [0.1, 0.15) is 47.0 Å². The van der Waals surface area contributed by atoms with Gasteiger partial charge in [-0.3, -0.25) is 9.48 Å². The fraction of sp³-hybridized carbons (Fsp3) is 0.381. The molecule has 1 fully saturated rings. The summed E-state index contributed by atoms with van der Waals surface area (Å²) in [5, 5.41) is 16.6. The number of aromatic carboxylic acids is 1. The zero-order valence-corrected chi connectivity index (χ0v) is 17.8. The van der Waals surface area contributed by atoms with Crippen molar-refractivity contribution in [2.45, 2.75) is 32.2 Å². The average Bonchev–Trinajstić information content (AvgIpc) is 3.26. The number of amides is 1. The lowest BCUT2D eigenvalue weighted by Gasteiger charge is -2.30. The van der Waals surface area contributed by atoms with Gasteiger partial charge >= 0.3 is 5.97 Å². The number of carbonyl (C=O) groups excluding carboxylic acids is 1. The third-order valence-electron chi connectivity index (χ3n) is 4.62. The SMILES string of the molecule is CC(C)(N)Cc1nc(-c2ccccc2)no1.Cn1ncc(C(=O)N2CCC2)c1C(=O)O. The number of benzene rings is 1. The maximum Gasteiger partial charge on any atom is 0.354 e. The Morgan fingerprint density at radius 1 is 1.23 bits per heavy atom. The topological polar surface area (TPSA) is 140 Å². The lowest BCUT2D eigenvalue weighted by molar-refractivity contribution is 0.0621. The molecule has 3 aromatic rings. The van der Waals surface area contributed by atoms with Crippen molar-refractivity contribution in [3.05, 3.63) is 53.7 Å². The third-order valence-corrected chi connectivity index (χ3v) is 4.62. The Hall–Kier alpha value is -3.53. The molecule has 0 bridgehead atoms. The molecule has 0 aliphatic carbocycles. The minimum atomic E-state index is -1.13. The second-order valence-electron chi connectivity index (χ2n) is 8.02. The van der Waals surface area contributed by atoms with Crippen molar-refractivity contribution in [2.75, 3.05) is 13.1 Å². The summed E-state index contributed by atoms with van der Waals surface area (Å²) in [7, 11) is 1.51. The van der Waals surface area contributed by atoms with Crippen LogP contribution in [-0.2, 0) is 13.5 Å². The number of carbonyl (C=O) groups is 2. The van der Waals surface area contributed by atoms with Crippen molar-refractivity contribution in [2.24, 2.45) is 12.8 Å². The first-order valence-electron chi connectivity index (χ1n) is 9.87. The lowest BCUT2D eigenvalue weighted by Crippen LogP contribution is -2.42. The van der Waals surface area contributed by atoms with E-state index in [1.165, 1.54) is 17.9 Å². The van der Waals surface area contributed by atoms with Crippen LogP contribution in [0.15, 0.2) is 41.1 Å². The molecule has 1 aliphatic heterocycles. The van der Waals surface area contributed by atoms with Crippen LogP contribution in [0.3, 0.4) is 0 Å². The number of carboxylic acid groups (broad SMARTS) is 1. The van der Waals surface area contributed by atoms with Crippen molar-refractivity contribution < 1.29 is 19.2 Å². The number of carboxylic acids is 1. The highest BCUT2D eigenvalue weighted by molar-refractivity contribution is 6.03. The van der Waals surface area contributed by atoms with Gasteiger partial charge in [-0.2, -0.15) is 10.1 Å². The summed E-state index contributed by atoms with van der Waals surface area (Å²) in [6, 6.07) is 9.73. The van der Waals surface area contributed by atoms with Crippen molar-refractivity contribution in [1.29, 1.82) is 0 Å². The maximum absolute atomic E-state index is 11.8. The first-order chi connectivity index (χ1) is 14.7. The van der Waals surface area contributed by atoms with Gasteiger partial charge in [0, 0.05) is 37.7 Å². The van der Waals surface area contributed by atoms with Crippen LogP contribution < -0.4 is 5.73 Å². The molecule has 10 heteroatoms. The molecule has 1 aliphatic rings. The minimum absolute atomic E-state index is 0.0492. The van der Waals surface area contributed by atoms with Gasteiger partial charge in [-0.1, -0.05) is 35.5 Å². The molecule has 0 spiro atoms. The Morgan fingerprint density at radius 2 is 1.90 bits per heavy atom. The smallest absolute Gasteiger partial charge is 0.354 e. The van der Waals surface area contributed by atoms with Crippen LogP contribution >= 0.6 is 0 Å². The average molecular weight is 426 g/mol. The third kappa shape index (κ3) is 5.54. The largest absolute Gasteiger partial charge is 0.477 e. The number of nitrogens with zero attached hydrogens (tertiary/aromatic N) is 5. The van der Waals surface area contributed by atoms with Gasteiger partial charge in [0.25, 0.3) is 5.91 Å². The second-order valence-corrected chi connectivity index (χ2v) is 8.02. The zero-order valence-electron chi connectivity index (χ0n) is 17.8. The quantitative estimate of drug-likeness (QED) is 0.631. The van der Waals surface area contributed by atoms with E-state index in [2.05, 4.69) is 15.2 Å². The second kappa shape index (κ2) is 9.09. The molecular weight excluding hydrogens is 400 g/mol. The molecule has 10 nitrogen and oxygen atoms in total. The Balaban J connectivity index is 0.000000176. The standard InChI is InChI=1S/C12H15N3O.C9H11N3O3/c1-12(2,13)8-10-14-11(15-16-10)9-6-4-3-5-7-9;1-11-7(9(14)15)6(5-10-11)8(13)12-3-2-4-12/h3-7H,8,13H2,1-2H3;5H,2-4H2,1H3,(H,14,15). The highest BCUT2D eigenvalue weighted by atomic mass is 16.5. The van der Waals surface area contributed by atoms with Crippen LogP contribution in [0.25, 0.3) is 11.4 Å². The van der Waals surface area contributed by atoms with Gasteiger partial charge in [0.2, 0.25) is 11.7 Å². The molecule has 31 heavy (non-hydrogen) atoms. The fourth-order valence-corrected chi connectivity index (χ4v) is 2.96. The van der Waals surface area contributed by atoms with Gasteiger partial charge in [0.1, 0.15) is 0 Å². The molecule has 0 atom stereocenters. The molecule has 0 unspecified atom stereocenters. The van der Waals surface area contributed by atoms with Crippen LogP contribution in [0.2, 0.25) is 0 Å².